The average Bonchev–Trinajstić information content (AvgIpc) is 2.24. The fraction of sp³-hybridized carbons (Fsp3) is 0.500. The molecule has 0 unspecified atom stereocenters. The third-order valence-corrected chi connectivity index (χ3v) is 1.86. The first-order valence-corrected chi connectivity index (χ1v) is 5.37. The minimum Gasteiger partial charge on any atom is -0.474 e. The Morgan fingerprint density at radius 1 is 1.38 bits per heavy atom. The second-order valence-electron chi connectivity index (χ2n) is 3.34. The van der Waals surface area contributed by atoms with Crippen molar-refractivity contribution in [2.45, 2.75) is 20.0 Å². The van der Waals surface area contributed by atoms with Crippen molar-refractivity contribution in [3.63, 3.8) is 0 Å². The highest BCUT2D eigenvalue weighted by molar-refractivity contribution is 7.80. The topological polar surface area (TPSA) is 70.3 Å². The van der Waals surface area contributed by atoms with E-state index >= 15 is 0 Å². The highest BCUT2D eigenvalue weighted by atomic mass is 32.1. The van der Waals surface area contributed by atoms with Gasteiger partial charge in [-0.3, -0.25) is 0 Å². The minimum atomic E-state index is 0.174. The Bertz CT molecular complexity index is 358. The lowest BCUT2D eigenvalue weighted by atomic mass is 10.4. The van der Waals surface area contributed by atoms with Crippen molar-refractivity contribution < 1.29 is 9.47 Å². The average molecular weight is 241 g/mol. The molecule has 1 aromatic rings. The van der Waals surface area contributed by atoms with Crippen LogP contribution in [0.5, 0.6) is 5.88 Å². The number of hydrogen-bond donors (Lipinski definition) is 1. The zero-order valence-electron chi connectivity index (χ0n) is 9.34. The maximum absolute atomic E-state index is 5.48. The molecule has 0 amide bonds. The lowest BCUT2D eigenvalue weighted by Gasteiger charge is -2.10. The smallest absolute Gasteiger partial charge is 0.243 e. The first-order chi connectivity index (χ1) is 7.61. The maximum Gasteiger partial charge on any atom is 0.243 e. The molecule has 0 fully saturated rings. The molecule has 1 heterocycles. The van der Waals surface area contributed by atoms with Gasteiger partial charge in [-0.05, 0) is 13.8 Å². The molecule has 0 radical (unpaired) electrons. The summed E-state index contributed by atoms with van der Waals surface area (Å²) in [5, 5.41) is 0. The van der Waals surface area contributed by atoms with Crippen LogP contribution in [0.15, 0.2) is 12.4 Å². The predicted molar refractivity (Wildman–Crippen MR) is 64.5 cm³/mol. The van der Waals surface area contributed by atoms with Crippen LogP contribution in [0.3, 0.4) is 0 Å². The zero-order chi connectivity index (χ0) is 12.0. The van der Waals surface area contributed by atoms with E-state index in [2.05, 4.69) is 9.97 Å². The van der Waals surface area contributed by atoms with E-state index in [0.29, 0.717) is 24.8 Å². The molecule has 0 bridgehead atoms. The third-order valence-electron chi connectivity index (χ3n) is 1.67. The summed E-state index contributed by atoms with van der Waals surface area (Å²) < 4.78 is 10.7. The van der Waals surface area contributed by atoms with E-state index in [9.17, 15) is 0 Å². The summed E-state index contributed by atoms with van der Waals surface area (Å²) in [4.78, 5) is 8.18. The Hall–Kier alpha value is -1.27. The molecule has 88 valence electrons. The number of nitrogens with two attached hydrogens (primary N) is 1. The summed E-state index contributed by atoms with van der Waals surface area (Å²) >= 11 is 4.83. The number of nitrogens with zero attached hydrogens (tertiary/aromatic N) is 2. The first-order valence-electron chi connectivity index (χ1n) is 4.96. The summed E-state index contributed by atoms with van der Waals surface area (Å²) in [6.07, 6.45) is 3.23. The summed E-state index contributed by atoms with van der Waals surface area (Å²) in [6.45, 7) is 4.81. The van der Waals surface area contributed by atoms with Crippen LogP contribution in [0.1, 0.15) is 19.5 Å². The predicted octanol–water partition coefficient (Wildman–Crippen LogP) is 0.915. The van der Waals surface area contributed by atoms with Gasteiger partial charge < -0.3 is 15.2 Å². The van der Waals surface area contributed by atoms with Gasteiger partial charge in [0.15, 0.2) is 5.69 Å². The lowest BCUT2D eigenvalue weighted by molar-refractivity contribution is 0.0541. The van der Waals surface area contributed by atoms with Gasteiger partial charge in [-0.15, -0.1) is 0 Å². The number of ether oxygens (including phenoxy) is 2. The van der Waals surface area contributed by atoms with Crippen molar-refractivity contribution in [1.29, 1.82) is 0 Å². The molecular formula is C10H15N3O2S. The minimum absolute atomic E-state index is 0.174. The molecule has 6 heteroatoms. The third kappa shape index (κ3) is 4.08. The van der Waals surface area contributed by atoms with Gasteiger partial charge in [0.1, 0.15) is 11.6 Å². The second-order valence-corrected chi connectivity index (χ2v) is 3.78. The van der Waals surface area contributed by atoms with Crippen molar-refractivity contribution in [3.8, 4) is 5.88 Å². The van der Waals surface area contributed by atoms with Crippen LogP contribution in [0.25, 0.3) is 0 Å². The molecule has 0 saturated heterocycles. The molecule has 16 heavy (non-hydrogen) atoms. The lowest BCUT2D eigenvalue weighted by Crippen LogP contribution is -2.17. The van der Waals surface area contributed by atoms with Gasteiger partial charge in [-0.2, -0.15) is 0 Å². The van der Waals surface area contributed by atoms with E-state index in [4.69, 9.17) is 27.4 Å². The summed E-state index contributed by atoms with van der Waals surface area (Å²) in [7, 11) is 0. The van der Waals surface area contributed by atoms with Gasteiger partial charge in [0.25, 0.3) is 0 Å². The SMILES string of the molecule is CC(C)OCCOc1nccnc1C(N)=S. The van der Waals surface area contributed by atoms with E-state index < -0.39 is 0 Å². The fourth-order valence-corrected chi connectivity index (χ4v) is 1.16. The van der Waals surface area contributed by atoms with E-state index in [1.807, 2.05) is 13.8 Å². The Morgan fingerprint density at radius 3 is 2.69 bits per heavy atom. The molecule has 0 aliphatic carbocycles. The highest BCUT2D eigenvalue weighted by Gasteiger charge is 2.08. The van der Waals surface area contributed by atoms with Crippen LogP contribution in [0.2, 0.25) is 0 Å². The molecule has 1 rings (SSSR count). The second kappa shape index (κ2) is 6.34. The Labute approximate surface area is 100.0 Å². The first kappa shape index (κ1) is 12.8. The molecule has 0 aliphatic heterocycles. The molecule has 5 nitrogen and oxygen atoms in total. The maximum atomic E-state index is 5.48. The van der Waals surface area contributed by atoms with Gasteiger partial charge in [0, 0.05) is 12.4 Å². The van der Waals surface area contributed by atoms with Gasteiger partial charge in [-0.1, -0.05) is 12.2 Å². The van der Waals surface area contributed by atoms with Crippen LogP contribution in [-0.2, 0) is 4.74 Å². The van der Waals surface area contributed by atoms with Crippen LogP contribution in [0.4, 0.5) is 0 Å². The number of aromatic nitrogens is 2. The number of rotatable bonds is 6. The van der Waals surface area contributed by atoms with Crippen molar-refractivity contribution >= 4 is 17.2 Å². The molecule has 0 saturated carbocycles. The molecule has 2 N–H and O–H groups in total. The Balaban J connectivity index is 2.50. The summed E-state index contributed by atoms with van der Waals surface area (Å²) in [5.74, 6) is 0.349. The molecule has 0 aromatic carbocycles. The number of hydrogen-bond acceptors (Lipinski definition) is 5. The molecule has 0 aliphatic rings. The van der Waals surface area contributed by atoms with E-state index in [1.165, 1.54) is 12.4 Å². The van der Waals surface area contributed by atoms with Crippen molar-refractivity contribution in [1.82, 2.24) is 9.97 Å². The van der Waals surface area contributed by atoms with Crippen molar-refractivity contribution in [2.75, 3.05) is 13.2 Å². The van der Waals surface area contributed by atoms with Crippen LogP contribution >= 0.6 is 12.2 Å². The van der Waals surface area contributed by atoms with Crippen LogP contribution < -0.4 is 10.5 Å². The van der Waals surface area contributed by atoms with Crippen molar-refractivity contribution in [3.05, 3.63) is 18.1 Å². The number of thiocarbonyl (C=S) groups is 1. The van der Waals surface area contributed by atoms with E-state index in [-0.39, 0.29) is 11.1 Å². The molecule has 0 spiro atoms. The van der Waals surface area contributed by atoms with Gasteiger partial charge in [0.05, 0.1) is 12.7 Å². The van der Waals surface area contributed by atoms with Crippen LogP contribution in [-0.4, -0.2) is 34.3 Å². The van der Waals surface area contributed by atoms with Gasteiger partial charge in [-0.25, -0.2) is 9.97 Å². The van der Waals surface area contributed by atoms with Crippen LogP contribution in [0, 0.1) is 0 Å². The molecule has 0 atom stereocenters. The van der Waals surface area contributed by atoms with Crippen molar-refractivity contribution in [2.24, 2.45) is 5.73 Å². The Morgan fingerprint density at radius 2 is 2.06 bits per heavy atom. The molecular weight excluding hydrogens is 226 g/mol. The zero-order valence-corrected chi connectivity index (χ0v) is 10.2. The van der Waals surface area contributed by atoms with Gasteiger partial charge in [0.2, 0.25) is 5.88 Å². The highest BCUT2D eigenvalue weighted by Crippen LogP contribution is 2.10. The fourth-order valence-electron chi connectivity index (χ4n) is 1.02. The molecule has 1 aromatic heterocycles. The monoisotopic (exact) mass is 241 g/mol. The van der Waals surface area contributed by atoms with E-state index in [1.54, 1.807) is 0 Å². The summed E-state index contributed by atoms with van der Waals surface area (Å²) in [6, 6.07) is 0. The summed E-state index contributed by atoms with van der Waals surface area (Å²) in [5.41, 5.74) is 5.89. The normalized spacial score (nSPS) is 10.4. The van der Waals surface area contributed by atoms with E-state index in [0.717, 1.165) is 0 Å². The van der Waals surface area contributed by atoms with Gasteiger partial charge >= 0.3 is 0 Å². The quantitative estimate of drug-likeness (QED) is 0.590. The standard InChI is InChI=1S/C10H15N3O2S/c1-7(2)14-5-6-15-10-8(9(11)16)12-3-4-13-10/h3-4,7H,5-6H2,1-2H3,(H2,11,16). The Kier molecular flexibility index (Phi) is 5.07. The largest absolute Gasteiger partial charge is 0.474 e.